The summed E-state index contributed by atoms with van der Waals surface area (Å²) in [5.74, 6) is 0.765. The number of nitrogens with zero attached hydrogens (tertiary/aromatic N) is 1. The number of carbonyl (C=O) groups excluding carboxylic acids is 1. The Kier molecular flexibility index (Phi) is 5.82. The monoisotopic (exact) mass is 321 g/mol. The summed E-state index contributed by atoms with van der Waals surface area (Å²) in [5.41, 5.74) is 0.897. The summed E-state index contributed by atoms with van der Waals surface area (Å²) in [5, 5.41) is 0. The number of rotatable bonds is 6. The van der Waals surface area contributed by atoms with E-state index in [0.717, 1.165) is 30.6 Å². The van der Waals surface area contributed by atoms with Gasteiger partial charge in [-0.1, -0.05) is 61.9 Å². The molecule has 0 bridgehead atoms. The van der Waals surface area contributed by atoms with Gasteiger partial charge < -0.3 is 4.74 Å². The lowest BCUT2D eigenvalue weighted by atomic mass is 10.2. The highest BCUT2D eigenvalue weighted by Crippen LogP contribution is 2.34. The fraction of sp³-hybridized carbons (Fsp3) is 0.375. The van der Waals surface area contributed by atoms with Gasteiger partial charge in [-0.3, -0.25) is 9.69 Å². The van der Waals surface area contributed by atoms with Crippen molar-refractivity contribution in [2.45, 2.75) is 26.2 Å². The molecule has 5 heteroatoms. The highest BCUT2D eigenvalue weighted by molar-refractivity contribution is 8.26. The predicted molar refractivity (Wildman–Crippen MR) is 92.4 cm³/mol. The minimum absolute atomic E-state index is 0.00649. The quantitative estimate of drug-likeness (QED) is 0.448. The molecule has 1 aromatic carbocycles. The number of thiocarbonyl (C=S) groups is 1. The molecule has 0 aliphatic carbocycles. The van der Waals surface area contributed by atoms with Crippen LogP contribution in [-0.4, -0.2) is 28.8 Å². The summed E-state index contributed by atoms with van der Waals surface area (Å²) in [7, 11) is 1.63. The molecule has 1 aromatic rings. The van der Waals surface area contributed by atoms with E-state index in [-0.39, 0.29) is 5.91 Å². The Balaban J connectivity index is 2.16. The number of benzene rings is 1. The second-order valence-corrected chi connectivity index (χ2v) is 6.46. The summed E-state index contributed by atoms with van der Waals surface area (Å²) >= 11 is 6.68. The molecule has 0 unspecified atom stereocenters. The Labute approximate surface area is 135 Å². The molecule has 0 N–H and O–H groups in total. The first kappa shape index (κ1) is 16.0. The third kappa shape index (κ3) is 3.86. The first-order valence-electron chi connectivity index (χ1n) is 7.05. The fourth-order valence-electron chi connectivity index (χ4n) is 2.14. The molecule has 0 saturated carbocycles. The predicted octanol–water partition coefficient (Wildman–Crippen LogP) is 4.09. The van der Waals surface area contributed by atoms with Gasteiger partial charge in [0.15, 0.2) is 0 Å². The summed E-state index contributed by atoms with van der Waals surface area (Å²) in [6, 6.07) is 7.65. The minimum atomic E-state index is 0.00649. The van der Waals surface area contributed by atoms with Crippen molar-refractivity contribution in [1.82, 2.24) is 4.90 Å². The Bertz CT molecular complexity index is 569. The molecule has 0 aromatic heterocycles. The number of carbonyl (C=O) groups is 1. The topological polar surface area (TPSA) is 29.5 Å². The van der Waals surface area contributed by atoms with E-state index in [2.05, 4.69) is 6.92 Å². The van der Waals surface area contributed by atoms with Crippen LogP contribution in [0.4, 0.5) is 0 Å². The van der Waals surface area contributed by atoms with Gasteiger partial charge in [-0.25, -0.2) is 0 Å². The Morgan fingerprint density at radius 3 is 2.81 bits per heavy atom. The zero-order valence-electron chi connectivity index (χ0n) is 12.3. The van der Waals surface area contributed by atoms with E-state index >= 15 is 0 Å². The largest absolute Gasteiger partial charge is 0.496 e. The number of hydrogen-bond donors (Lipinski definition) is 0. The molecule has 1 amide bonds. The minimum Gasteiger partial charge on any atom is -0.496 e. The maximum absolute atomic E-state index is 12.4. The van der Waals surface area contributed by atoms with E-state index in [1.165, 1.54) is 11.8 Å². The average molecular weight is 321 g/mol. The van der Waals surface area contributed by atoms with Gasteiger partial charge in [0, 0.05) is 12.1 Å². The second-order valence-electron chi connectivity index (χ2n) is 4.78. The SMILES string of the molecule is CCCCCN1C(=O)/C(=C\c2ccccc2OC)SC1=S. The Morgan fingerprint density at radius 1 is 1.33 bits per heavy atom. The maximum Gasteiger partial charge on any atom is 0.266 e. The molecule has 3 nitrogen and oxygen atoms in total. The molecule has 0 radical (unpaired) electrons. The van der Waals surface area contributed by atoms with Gasteiger partial charge in [0.2, 0.25) is 0 Å². The van der Waals surface area contributed by atoms with Gasteiger partial charge in [-0.2, -0.15) is 0 Å². The lowest BCUT2D eigenvalue weighted by Crippen LogP contribution is -2.28. The number of methoxy groups -OCH3 is 1. The first-order chi connectivity index (χ1) is 10.2. The summed E-state index contributed by atoms with van der Waals surface area (Å²) in [6.45, 7) is 2.85. The number of unbranched alkanes of at least 4 members (excludes halogenated alkanes) is 2. The van der Waals surface area contributed by atoms with Gasteiger partial charge >= 0.3 is 0 Å². The van der Waals surface area contributed by atoms with Crippen LogP contribution in [0.15, 0.2) is 29.2 Å². The van der Waals surface area contributed by atoms with Crippen molar-refractivity contribution in [3.05, 3.63) is 34.7 Å². The van der Waals surface area contributed by atoms with E-state index in [9.17, 15) is 4.79 Å². The first-order valence-corrected chi connectivity index (χ1v) is 8.28. The van der Waals surface area contributed by atoms with Crippen molar-refractivity contribution >= 4 is 40.3 Å². The molecule has 112 valence electrons. The molecule has 1 aliphatic rings. The van der Waals surface area contributed by atoms with Crippen LogP contribution in [0.25, 0.3) is 6.08 Å². The lowest BCUT2D eigenvalue weighted by Gasteiger charge is -2.13. The molecule has 21 heavy (non-hydrogen) atoms. The number of para-hydroxylation sites is 1. The summed E-state index contributed by atoms with van der Waals surface area (Å²) < 4.78 is 5.96. The number of thioether (sulfide) groups is 1. The smallest absolute Gasteiger partial charge is 0.266 e. The van der Waals surface area contributed by atoms with Gasteiger partial charge in [0.25, 0.3) is 5.91 Å². The lowest BCUT2D eigenvalue weighted by molar-refractivity contribution is -0.122. The Hall–Kier alpha value is -1.33. The zero-order chi connectivity index (χ0) is 15.2. The van der Waals surface area contributed by atoms with Crippen LogP contribution in [0.2, 0.25) is 0 Å². The van der Waals surface area contributed by atoms with E-state index in [1.807, 2.05) is 30.3 Å². The van der Waals surface area contributed by atoms with E-state index < -0.39 is 0 Å². The van der Waals surface area contributed by atoms with Gasteiger partial charge in [0.1, 0.15) is 10.1 Å². The highest BCUT2D eigenvalue weighted by atomic mass is 32.2. The summed E-state index contributed by atoms with van der Waals surface area (Å²) in [4.78, 5) is 14.8. The molecule has 0 spiro atoms. The van der Waals surface area contributed by atoms with Crippen molar-refractivity contribution in [2.24, 2.45) is 0 Å². The third-order valence-electron chi connectivity index (χ3n) is 3.28. The van der Waals surface area contributed by atoms with E-state index in [4.69, 9.17) is 17.0 Å². The van der Waals surface area contributed by atoms with Gasteiger partial charge in [-0.05, 0) is 18.6 Å². The van der Waals surface area contributed by atoms with Crippen LogP contribution in [0.3, 0.4) is 0 Å². The molecule has 1 heterocycles. The van der Waals surface area contributed by atoms with Crippen LogP contribution in [0.1, 0.15) is 31.7 Å². The molecule has 1 saturated heterocycles. The molecule has 2 rings (SSSR count). The number of hydrogen-bond acceptors (Lipinski definition) is 4. The Morgan fingerprint density at radius 2 is 2.10 bits per heavy atom. The number of ether oxygens (including phenoxy) is 1. The van der Waals surface area contributed by atoms with Crippen molar-refractivity contribution in [3.63, 3.8) is 0 Å². The standard InChI is InChI=1S/C16H19NO2S2/c1-3-4-7-10-17-15(18)14(21-16(17)20)11-12-8-5-6-9-13(12)19-2/h5-6,8-9,11H,3-4,7,10H2,1-2H3/b14-11+. The van der Waals surface area contributed by atoms with Crippen molar-refractivity contribution in [1.29, 1.82) is 0 Å². The van der Waals surface area contributed by atoms with E-state index in [0.29, 0.717) is 15.8 Å². The van der Waals surface area contributed by atoms with Crippen LogP contribution >= 0.6 is 24.0 Å². The van der Waals surface area contributed by atoms with Crippen LogP contribution < -0.4 is 4.74 Å². The maximum atomic E-state index is 12.4. The fourth-order valence-corrected chi connectivity index (χ4v) is 3.44. The van der Waals surface area contributed by atoms with Crippen molar-refractivity contribution in [3.8, 4) is 5.75 Å². The molecule has 1 fully saturated rings. The summed E-state index contributed by atoms with van der Waals surface area (Å²) in [6.07, 6.45) is 5.09. The van der Waals surface area contributed by atoms with Crippen molar-refractivity contribution in [2.75, 3.05) is 13.7 Å². The highest BCUT2D eigenvalue weighted by Gasteiger charge is 2.31. The average Bonchev–Trinajstić information content (AvgIpc) is 2.75. The molecular formula is C16H19NO2S2. The molecule has 1 aliphatic heterocycles. The zero-order valence-corrected chi connectivity index (χ0v) is 13.9. The number of amides is 1. The van der Waals surface area contributed by atoms with Crippen LogP contribution in [-0.2, 0) is 4.79 Å². The van der Waals surface area contributed by atoms with Crippen LogP contribution in [0.5, 0.6) is 5.75 Å². The van der Waals surface area contributed by atoms with Gasteiger partial charge in [0.05, 0.1) is 12.0 Å². The van der Waals surface area contributed by atoms with Gasteiger partial charge in [-0.15, -0.1) is 0 Å². The molecular weight excluding hydrogens is 302 g/mol. The second kappa shape index (κ2) is 7.61. The van der Waals surface area contributed by atoms with Crippen LogP contribution in [0, 0.1) is 0 Å². The molecule has 0 atom stereocenters. The van der Waals surface area contributed by atoms with E-state index in [1.54, 1.807) is 12.0 Å². The van der Waals surface area contributed by atoms with Crippen molar-refractivity contribution < 1.29 is 9.53 Å². The third-order valence-corrected chi connectivity index (χ3v) is 4.66. The normalized spacial score (nSPS) is 16.9.